The molecule has 178 valence electrons. The maximum absolute atomic E-state index is 15.2. The van der Waals surface area contributed by atoms with Gasteiger partial charge in [0.1, 0.15) is 18.0 Å². The van der Waals surface area contributed by atoms with Gasteiger partial charge in [-0.05, 0) is 24.3 Å². The number of halogens is 6. The van der Waals surface area contributed by atoms with Crippen molar-refractivity contribution in [2.24, 2.45) is 5.41 Å². The summed E-state index contributed by atoms with van der Waals surface area (Å²) in [7, 11) is 0. The van der Waals surface area contributed by atoms with Crippen molar-refractivity contribution in [2.45, 2.75) is 33.5 Å². The summed E-state index contributed by atoms with van der Waals surface area (Å²) in [4.78, 5) is 24.6. The van der Waals surface area contributed by atoms with Gasteiger partial charge in [0.05, 0.1) is 16.3 Å². The van der Waals surface area contributed by atoms with Gasteiger partial charge in [-0.1, -0.05) is 38.4 Å². The Morgan fingerprint density at radius 1 is 1.15 bits per heavy atom. The van der Waals surface area contributed by atoms with E-state index in [1.165, 1.54) is 12.1 Å². The van der Waals surface area contributed by atoms with E-state index >= 15 is 4.39 Å². The average molecular weight is 491 g/mol. The predicted octanol–water partition coefficient (Wildman–Crippen LogP) is 4.57. The van der Waals surface area contributed by atoms with Crippen LogP contribution in [0.4, 0.5) is 33.3 Å². The zero-order valence-corrected chi connectivity index (χ0v) is 18.5. The summed E-state index contributed by atoms with van der Waals surface area (Å²) in [6, 6.07) is 4.50. The molecule has 0 atom stereocenters. The number of nitrogens with zero attached hydrogens (tertiary/aromatic N) is 2. The fourth-order valence-electron chi connectivity index (χ4n) is 3.00. The number of nitrogens with one attached hydrogen (secondary N) is 2. The maximum Gasteiger partial charge on any atom is 0.416 e. The third-order valence-electron chi connectivity index (χ3n) is 4.82. The number of amides is 2. The smallest absolute Gasteiger partial charge is 0.351 e. The van der Waals surface area contributed by atoms with Gasteiger partial charge in [-0.3, -0.25) is 14.6 Å². The molecule has 12 heteroatoms. The molecule has 3 rings (SSSR count). The lowest BCUT2D eigenvalue weighted by Gasteiger charge is -2.23. The highest BCUT2D eigenvalue weighted by atomic mass is 35.5. The molecule has 6 nitrogen and oxygen atoms in total. The van der Waals surface area contributed by atoms with Gasteiger partial charge in [-0.15, -0.1) is 5.53 Å². The van der Waals surface area contributed by atoms with Crippen LogP contribution in [0.15, 0.2) is 30.3 Å². The molecular formula is C21H20ClF5N4O2. The predicted molar refractivity (Wildman–Crippen MR) is 112 cm³/mol. The second kappa shape index (κ2) is 8.79. The third kappa shape index (κ3) is 5.19. The highest BCUT2D eigenvalue weighted by Gasteiger charge is 2.36. The SMILES string of the molecule is CC(C)(C)C(=O)NCc1ccc(Cl)c(N2NN(c3ccc(C(F)(F)F)cc3F)CC2=O)c1F. The Hall–Kier alpha value is -2.92. The second-order valence-corrected chi connectivity index (χ2v) is 8.79. The molecule has 2 amide bonds. The molecule has 1 saturated heterocycles. The second-order valence-electron chi connectivity index (χ2n) is 8.38. The molecule has 0 radical (unpaired) electrons. The van der Waals surface area contributed by atoms with Crippen LogP contribution in [0.5, 0.6) is 0 Å². The van der Waals surface area contributed by atoms with Gasteiger partial charge >= 0.3 is 6.18 Å². The molecule has 0 aromatic heterocycles. The van der Waals surface area contributed by atoms with Gasteiger partial charge in [-0.2, -0.15) is 13.2 Å². The Bertz CT molecular complexity index is 1100. The van der Waals surface area contributed by atoms with Crippen molar-refractivity contribution in [1.82, 2.24) is 10.9 Å². The first-order valence-corrected chi connectivity index (χ1v) is 10.1. The number of hydrazine groups is 2. The molecule has 0 unspecified atom stereocenters. The number of carbonyl (C=O) groups excluding carboxylic acids is 2. The molecule has 0 bridgehead atoms. The van der Waals surface area contributed by atoms with E-state index in [0.29, 0.717) is 12.1 Å². The van der Waals surface area contributed by atoms with Gasteiger partial charge in [0.25, 0.3) is 5.91 Å². The van der Waals surface area contributed by atoms with Crippen molar-refractivity contribution >= 4 is 34.8 Å². The molecule has 0 saturated carbocycles. The molecular weight excluding hydrogens is 471 g/mol. The Labute approximate surface area is 191 Å². The monoisotopic (exact) mass is 490 g/mol. The molecule has 1 aliphatic heterocycles. The van der Waals surface area contributed by atoms with Crippen LogP contribution in [-0.2, 0) is 22.3 Å². The first kappa shape index (κ1) is 24.7. The van der Waals surface area contributed by atoms with Crippen LogP contribution in [0, 0.1) is 17.0 Å². The van der Waals surface area contributed by atoms with Gasteiger partial charge in [-0.25, -0.2) is 13.8 Å². The molecule has 2 aromatic rings. The Morgan fingerprint density at radius 3 is 2.39 bits per heavy atom. The highest BCUT2D eigenvalue weighted by molar-refractivity contribution is 6.34. The van der Waals surface area contributed by atoms with E-state index in [0.717, 1.165) is 16.1 Å². The number of anilines is 2. The van der Waals surface area contributed by atoms with Gasteiger partial charge in [0.15, 0.2) is 5.82 Å². The number of carbonyl (C=O) groups is 2. The minimum Gasteiger partial charge on any atom is -0.351 e. The Kier molecular flexibility index (Phi) is 6.58. The number of rotatable bonds is 4. The van der Waals surface area contributed by atoms with Crippen LogP contribution in [-0.4, -0.2) is 18.4 Å². The quantitative estimate of drug-likeness (QED) is 0.616. The van der Waals surface area contributed by atoms with Crippen LogP contribution in [0.1, 0.15) is 31.9 Å². The normalized spacial score (nSPS) is 14.8. The van der Waals surface area contributed by atoms with Crippen molar-refractivity contribution in [2.75, 3.05) is 16.6 Å². The van der Waals surface area contributed by atoms with Crippen molar-refractivity contribution in [3.63, 3.8) is 0 Å². The van der Waals surface area contributed by atoms with E-state index in [9.17, 15) is 27.2 Å². The van der Waals surface area contributed by atoms with Gasteiger partial charge in [0.2, 0.25) is 5.91 Å². The molecule has 1 heterocycles. The fraction of sp³-hybridized carbons (Fsp3) is 0.333. The van der Waals surface area contributed by atoms with E-state index < -0.39 is 41.2 Å². The summed E-state index contributed by atoms with van der Waals surface area (Å²) < 4.78 is 67.9. The number of alkyl halides is 3. The van der Waals surface area contributed by atoms with Crippen LogP contribution < -0.4 is 20.9 Å². The zero-order valence-electron chi connectivity index (χ0n) is 17.8. The van der Waals surface area contributed by atoms with Crippen LogP contribution in [0.3, 0.4) is 0 Å². The zero-order chi connectivity index (χ0) is 24.7. The molecule has 0 spiro atoms. The molecule has 33 heavy (non-hydrogen) atoms. The number of hydrogen-bond acceptors (Lipinski definition) is 4. The van der Waals surface area contributed by atoms with Gasteiger partial charge in [0, 0.05) is 17.5 Å². The first-order valence-electron chi connectivity index (χ1n) is 9.69. The van der Waals surface area contributed by atoms with E-state index in [2.05, 4.69) is 10.9 Å². The molecule has 1 fully saturated rings. The lowest BCUT2D eigenvalue weighted by molar-refractivity contribution is -0.137. The summed E-state index contributed by atoms with van der Waals surface area (Å²) in [5, 5.41) is 4.12. The minimum atomic E-state index is -4.74. The Balaban J connectivity index is 1.86. The summed E-state index contributed by atoms with van der Waals surface area (Å²) in [5.74, 6) is -3.17. The van der Waals surface area contributed by atoms with Crippen molar-refractivity contribution in [3.05, 3.63) is 58.1 Å². The summed E-state index contributed by atoms with van der Waals surface area (Å²) in [6.45, 7) is 4.39. The van der Waals surface area contributed by atoms with Crippen LogP contribution in [0.25, 0.3) is 0 Å². The lowest BCUT2D eigenvalue weighted by Crippen LogP contribution is -2.42. The molecule has 2 N–H and O–H groups in total. The van der Waals surface area contributed by atoms with Crippen molar-refractivity contribution < 1.29 is 31.5 Å². The maximum atomic E-state index is 15.2. The van der Waals surface area contributed by atoms with Crippen LogP contribution in [0.2, 0.25) is 5.02 Å². The number of benzene rings is 2. The Morgan fingerprint density at radius 2 is 1.82 bits per heavy atom. The average Bonchev–Trinajstić information content (AvgIpc) is 3.06. The minimum absolute atomic E-state index is 0.0424. The first-order chi connectivity index (χ1) is 15.2. The van der Waals surface area contributed by atoms with E-state index in [4.69, 9.17) is 11.6 Å². The molecule has 0 aliphatic carbocycles. The van der Waals surface area contributed by atoms with E-state index in [1.54, 1.807) is 20.8 Å². The summed E-state index contributed by atoms with van der Waals surface area (Å²) in [6.07, 6.45) is -4.74. The number of hydrogen-bond donors (Lipinski definition) is 2. The lowest BCUT2D eigenvalue weighted by atomic mass is 9.95. The van der Waals surface area contributed by atoms with Crippen molar-refractivity contribution in [1.29, 1.82) is 0 Å². The fourth-order valence-corrected chi connectivity index (χ4v) is 3.23. The van der Waals surface area contributed by atoms with E-state index in [-0.39, 0.29) is 34.4 Å². The van der Waals surface area contributed by atoms with Crippen molar-refractivity contribution in [3.8, 4) is 0 Å². The van der Waals surface area contributed by atoms with Crippen LogP contribution >= 0.6 is 11.6 Å². The standard InChI is InChI=1S/C21H20ClF5N4O2/c1-20(2,3)19(33)28-9-11-4-6-13(22)18(17(11)24)31-16(32)10-30(29-31)15-7-5-12(8-14(15)23)21(25,26)27/h4-8,29H,9-10H2,1-3H3,(H,28,33). The third-order valence-corrected chi connectivity index (χ3v) is 5.13. The van der Waals surface area contributed by atoms with Gasteiger partial charge < -0.3 is 5.32 Å². The summed E-state index contributed by atoms with van der Waals surface area (Å²) in [5.41, 5.74) is -0.102. The largest absolute Gasteiger partial charge is 0.416 e. The highest BCUT2D eigenvalue weighted by Crippen LogP contribution is 2.35. The molecule has 1 aliphatic rings. The molecule has 2 aromatic carbocycles. The van der Waals surface area contributed by atoms with E-state index in [1.807, 2.05) is 0 Å². The topological polar surface area (TPSA) is 64.7 Å². The summed E-state index contributed by atoms with van der Waals surface area (Å²) >= 11 is 6.10.